The van der Waals surface area contributed by atoms with Gasteiger partial charge in [0, 0.05) is 18.3 Å². The van der Waals surface area contributed by atoms with Gasteiger partial charge in [0.2, 0.25) is 0 Å². The molecule has 5 nitrogen and oxygen atoms in total. The summed E-state index contributed by atoms with van der Waals surface area (Å²) >= 11 is 0. The van der Waals surface area contributed by atoms with Crippen molar-refractivity contribution in [3.8, 4) is 0 Å². The summed E-state index contributed by atoms with van der Waals surface area (Å²) in [5.41, 5.74) is 6.00. The van der Waals surface area contributed by atoms with Crippen LogP contribution in [0.25, 0.3) is 0 Å². The molecule has 0 aromatic carbocycles. The number of hydrogen-bond acceptors (Lipinski definition) is 3. The Bertz CT molecular complexity index is 245. The third-order valence-electron chi connectivity index (χ3n) is 1.31. The molecule has 0 spiro atoms. The summed E-state index contributed by atoms with van der Waals surface area (Å²) in [6.07, 6.45) is 3.34. The van der Waals surface area contributed by atoms with Crippen molar-refractivity contribution in [1.29, 1.82) is 0 Å². The van der Waals surface area contributed by atoms with E-state index in [1.807, 2.05) is 0 Å². The van der Waals surface area contributed by atoms with E-state index in [4.69, 9.17) is 10.8 Å². The molecule has 0 amide bonds. The van der Waals surface area contributed by atoms with Gasteiger partial charge in [-0.3, -0.25) is 4.79 Å². The number of aliphatic carboxylic acids is 1. The maximum Gasteiger partial charge on any atom is 2.00 e. The Morgan fingerprint density at radius 1 is 1.92 bits per heavy atom. The number of carboxylic acids is 1. The summed E-state index contributed by atoms with van der Waals surface area (Å²) in [4.78, 5) is 16.8. The molecule has 12 heavy (non-hydrogen) atoms. The maximum atomic E-state index is 10.3. The van der Waals surface area contributed by atoms with Gasteiger partial charge in [0.05, 0.1) is 6.33 Å². The van der Waals surface area contributed by atoms with Crippen LogP contribution in [0.5, 0.6) is 0 Å². The van der Waals surface area contributed by atoms with Crippen molar-refractivity contribution < 1.29 is 12.8 Å². The van der Waals surface area contributed by atoms with Gasteiger partial charge in [-0.1, -0.05) is 0 Å². The number of aromatic amines is 1. The second kappa shape index (κ2) is 5.12. The van der Waals surface area contributed by atoms with Crippen molar-refractivity contribution >= 4 is 29.0 Å². The van der Waals surface area contributed by atoms with E-state index < -0.39 is 12.0 Å². The van der Waals surface area contributed by atoms with Crippen LogP contribution in [0.1, 0.15) is 8.55 Å². The van der Waals surface area contributed by atoms with E-state index >= 15 is 0 Å². The van der Waals surface area contributed by atoms with Crippen LogP contribution in [0.3, 0.4) is 0 Å². The Balaban J connectivity index is -0.000000403. The minimum absolute atomic E-state index is 0. The summed E-state index contributed by atoms with van der Waals surface area (Å²) in [5, 5.41) is 8.42. The molecule has 0 saturated heterocycles. The number of carboxylic acid groups (broad SMARTS) is 1. The smallest absolute Gasteiger partial charge is 1.00 e. The molecule has 1 aromatic heterocycles. The minimum atomic E-state index is -1.00. The monoisotopic (exact) mass is 181 g/mol. The van der Waals surface area contributed by atoms with Crippen LogP contribution in [-0.4, -0.2) is 50.1 Å². The molecule has 4 N–H and O–H groups in total. The Labute approximate surface area is 88.5 Å². The zero-order valence-electron chi connectivity index (χ0n) is 8.53. The second-order valence-corrected chi connectivity index (χ2v) is 2.23. The first-order valence-corrected chi connectivity index (χ1v) is 3.16. The molecule has 0 saturated carbocycles. The third kappa shape index (κ3) is 3.20. The molecule has 1 atom stereocenters. The van der Waals surface area contributed by atoms with Crippen LogP contribution >= 0.6 is 0 Å². The Kier molecular flexibility index (Phi) is 4.87. The zero-order valence-corrected chi connectivity index (χ0v) is 7.94. The topological polar surface area (TPSA) is 92.0 Å². The number of carbonyl (C=O) groups is 1. The number of rotatable bonds is 3. The van der Waals surface area contributed by atoms with Gasteiger partial charge in [-0.05, 0) is 0 Å². The average Bonchev–Trinajstić information content (AvgIpc) is 2.39. The number of nitrogens with zero attached hydrogens (tertiary/aromatic N) is 1. The van der Waals surface area contributed by atoms with E-state index in [0.717, 1.165) is 5.69 Å². The quantitative estimate of drug-likeness (QED) is 0.533. The Hall–Kier alpha value is -0.594. The number of H-pyrrole nitrogens is 1. The van der Waals surface area contributed by atoms with Gasteiger partial charge in [-0.25, -0.2) is 4.98 Å². The number of aromatic nitrogens is 2. The van der Waals surface area contributed by atoms with Crippen LogP contribution in [0.4, 0.5) is 0 Å². The zero-order chi connectivity index (χ0) is 8.27. The fraction of sp³-hybridized carbons (Fsp3) is 0.333. The number of hydrogen-bond donors (Lipinski definition) is 3. The maximum absolute atomic E-state index is 10.3. The first-order chi connectivity index (χ1) is 5.20. The molecular formula is C6H11MgN3O2. The summed E-state index contributed by atoms with van der Waals surface area (Å²) in [6, 6.07) is -0.851. The second-order valence-electron chi connectivity index (χ2n) is 2.23. The van der Waals surface area contributed by atoms with Crippen molar-refractivity contribution in [1.82, 2.24) is 9.97 Å². The minimum Gasteiger partial charge on any atom is -1.00 e. The first-order valence-electron chi connectivity index (χ1n) is 3.16. The number of nitrogens with two attached hydrogens (primary N) is 1. The van der Waals surface area contributed by atoms with Gasteiger partial charge in [0.25, 0.3) is 0 Å². The summed E-state index contributed by atoms with van der Waals surface area (Å²) in [6.45, 7) is 0. The standard InChI is InChI=1S/C6H9N3O2.Mg.2H/c7-5(6(10)11)1-4-2-8-3-9-4;;;/h2-3,5H,1,7H2,(H,8,9)(H,10,11);;;/q;+2;2*-1/t5-;;;/m0.../s1. The van der Waals surface area contributed by atoms with E-state index in [-0.39, 0.29) is 32.3 Å². The first kappa shape index (κ1) is 11.4. The molecule has 0 aliphatic carbocycles. The van der Waals surface area contributed by atoms with Gasteiger partial charge in [0.1, 0.15) is 6.04 Å². The summed E-state index contributed by atoms with van der Waals surface area (Å²) in [5.74, 6) is -1.00. The largest absolute Gasteiger partial charge is 2.00 e. The van der Waals surface area contributed by atoms with E-state index in [1.54, 1.807) is 6.20 Å². The number of imidazole rings is 1. The SMILES string of the molecule is N[C@@H](Cc1cnc[nH]1)C(=O)O.[H-].[H-].[Mg+2]. The molecule has 1 heterocycles. The van der Waals surface area contributed by atoms with E-state index in [1.165, 1.54) is 6.33 Å². The molecule has 1 aromatic rings. The van der Waals surface area contributed by atoms with Crippen LogP contribution in [0, 0.1) is 0 Å². The fourth-order valence-corrected chi connectivity index (χ4v) is 0.721. The molecule has 0 unspecified atom stereocenters. The van der Waals surface area contributed by atoms with Gasteiger partial charge in [0.15, 0.2) is 0 Å². The van der Waals surface area contributed by atoms with Gasteiger partial charge in [-0.2, -0.15) is 0 Å². The normalized spacial score (nSPS) is 11.8. The average molecular weight is 181 g/mol. The van der Waals surface area contributed by atoms with E-state index in [2.05, 4.69) is 9.97 Å². The van der Waals surface area contributed by atoms with Crippen molar-refractivity contribution in [2.24, 2.45) is 5.73 Å². The van der Waals surface area contributed by atoms with Crippen LogP contribution < -0.4 is 5.73 Å². The molecule has 0 fully saturated rings. The van der Waals surface area contributed by atoms with Crippen molar-refractivity contribution in [3.63, 3.8) is 0 Å². The van der Waals surface area contributed by atoms with Crippen LogP contribution in [0.15, 0.2) is 12.5 Å². The molecule has 6 heteroatoms. The molecule has 0 bridgehead atoms. The van der Waals surface area contributed by atoms with Crippen LogP contribution in [-0.2, 0) is 11.2 Å². The molecular weight excluding hydrogens is 170 g/mol. The van der Waals surface area contributed by atoms with Gasteiger partial charge >= 0.3 is 29.0 Å². The molecule has 0 radical (unpaired) electrons. The Morgan fingerprint density at radius 3 is 3.00 bits per heavy atom. The van der Waals surface area contributed by atoms with Gasteiger partial charge in [-0.15, -0.1) is 0 Å². The Morgan fingerprint density at radius 2 is 2.58 bits per heavy atom. The predicted octanol–water partition coefficient (Wildman–Crippen LogP) is -0.792. The molecule has 64 valence electrons. The van der Waals surface area contributed by atoms with Crippen molar-refractivity contribution in [3.05, 3.63) is 18.2 Å². The molecule has 0 aliphatic heterocycles. The predicted molar refractivity (Wildman–Crippen MR) is 45.9 cm³/mol. The molecule has 1 rings (SSSR count). The van der Waals surface area contributed by atoms with E-state index in [9.17, 15) is 4.79 Å². The summed E-state index contributed by atoms with van der Waals surface area (Å²) in [7, 11) is 0. The fourth-order valence-electron chi connectivity index (χ4n) is 0.721. The molecule has 0 aliphatic rings. The van der Waals surface area contributed by atoms with Crippen LogP contribution in [0.2, 0.25) is 0 Å². The summed E-state index contributed by atoms with van der Waals surface area (Å²) < 4.78 is 0. The van der Waals surface area contributed by atoms with Gasteiger partial charge < -0.3 is 18.7 Å². The van der Waals surface area contributed by atoms with Crippen molar-refractivity contribution in [2.45, 2.75) is 12.5 Å². The van der Waals surface area contributed by atoms with Crippen molar-refractivity contribution in [2.75, 3.05) is 0 Å². The van der Waals surface area contributed by atoms with E-state index in [0.29, 0.717) is 0 Å². The third-order valence-corrected chi connectivity index (χ3v) is 1.31. The number of nitrogens with one attached hydrogen (secondary N) is 1.